The third-order valence-corrected chi connectivity index (χ3v) is 11.7. The van der Waals surface area contributed by atoms with Gasteiger partial charge < -0.3 is 16.6 Å². The van der Waals surface area contributed by atoms with Gasteiger partial charge in [-0.2, -0.15) is 33.7 Å². The molecule has 0 amide bonds. The summed E-state index contributed by atoms with van der Waals surface area (Å²) < 4.78 is 140. The van der Waals surface area contributed by atoms with Gasteiger partial charge in [-0.05, 0) is 46.0 Å². The molecule has 280 valence electrons. The van der Waals surface area contributed by atoms with Crippen molar-refractivity contribution >= 4 is 101 Å². The molecule has 0 atom stereocenters. The van der Waals surface area contributed by atoms with E-state index in [2.05, 4.69) is 20.5 Å². The van der Waals surface area contributed by atoms with Crippen LogP contribution >= 0.6 is 0 Å². The first-order valence-corrected chi connectivity index (χ1v) is 20.5. The number of rotatable bonds is 9. The molecule has 6 aromatic carbocycles. The predicted molar refractivity (Wildman–Crippen MR) is 193 cm³/mol. The van der Waals surface area contributed by atoms with Crippen molar-refractivity contribution < 1.29 is 57.0 Å². The van der Waals surface area contributed by atoms with E-state index in [4.69, 9.17) is 11.5 Å². The Morgan fingerprint density at radius 2 is 1.06 bits per heavy atom. The molecule has 0 fully saturated rings. The van der Waals surface area contributed by atoms with Crippen LogP contribution in [-0.4, -0.2) is 57.0 Å². The second kappa shape index (κ2) is 13.4. The highest BCUT2D eigenvalue weighted by Crippen LogP contribution is 2.49. The third kappa shape index (κ3) is 6.97. The van der Waals surface area contributed by atoms with E-state index in [0.717, 1.165) is 12.1 Å². The molecule has 0 unspecified atom stereocenters. The molecule has 0 saturated carbocycles. The van der Waals surface area contributed by atoms with Crippen LogP contribution in [0.1, 0.15) is 5.56 Å². The van der Waals surface area contributed by atoms with E-state index in [9.17, 15) is 57.0 Å². The van der Waals surface area contributed by atoms with Gasteiger partial charge in [-0.1, -0.05) is 54.6 Å². The molecular formula is C31H24N6O13S4. The third-order valence-electron chi connectivity index (χ3n) is 8.06. The van der Waals surface area contributed by atoms with Crippen LogP contribution in [0.25, 0.3) is 32.3 Å². The minimum atomic E-state index is -5.36. The summed E-state index contributed by atoms with van der Waals surface area (Å²) in [6.07, 6.45) is 0. The number of nitrogens with zero attached hydrogens (tertiary/aromatic N) is 4. The maximum absolute atomic E-state index is 12.5. The molecule has 0 spiro atoms. The Morgan fingerprint density at radius 3 is 1.63 bits per heavy atom. The summed E-state index contributed by atoms with van der Waals surface area (Å²) in [6.45, 7) is -0.0158. The van der Waals surface area contributed by atoms with Gasteiger partial charge in [-0.15, -0.1) is 20.5 Å². The number of nitrogens with two attached hydrogens (primary N) is 2. The summed E-state index contributed by atoms with van der Waals surface area (Å²) in [4.78, 5) is -3.81. The van der Waals surface area contributed by atoms with Crippen molar-refractivity contribution in [1.29, 1.82) is 0 Å². The van der Waals surface area contributed by atoms with Crippen LogP contribution < -0.4 is 11.5 Å². The SMILES string of the molecule is NCc1cccc2c(S(=O)(=O)O)c(/N=N/c3c(S(=O)(=O)O)cc4cc(S(=O)(=O)O)c(/N=N/c5ccc6ccccc6c5S(=O)(=O)O)c(N)c4c3O)ccc12. The Kier molecular flexibility index (Phi) is 9.50. The molecule has 0 bridgehead atoms. The average Bonchev–Trinajstić information content (AvgIpc) is 3.07. The largest absolute Gasteiger partial charge is 0.505 e. The molecule has 19 nitrogen and oxygen atoms in total. The van der Waals surface area contributed by atoms with E-state index in [-0.39, 0.29) is 17.3 Å². The average molecular weight is 817 g/mol. The molecule has 0 aliphatic carbocycles. The van der Waals surface area contributed by atoms with Gasteiger partial charge in [0.1, 0.15) is 42.3 Å². The fraction of sp³-hybridized carbons (Fsp3) is 0.0323. The Bertz CT molecular complexity index is 3120. The van der Waals surface area contributed by atoms with Crippen molar-refractivity contribution in [3.63, 3.8) is 0 Å². The number of anilines is 1. The van der Waals surface area contributed by atoms with Crippen LogP contribution in [0, 0.1) is 0 Å². The summed E-state index contributed by atoms with van der Waals surface area (Å²) >= 11 is 0. The Labute approximate surface area is 305 Å². The van der Waals surface area contributed by atoms with Crippen molar-refractivity contribution in [1.82, 2.24) is 0 Å². The highest BCUT2D eigenvalue weighted by molar-refractivity contribution is 7.87. The maximum Gasteiger partial charge on any atom is 0.297 e. The number of benzene rings is 6. The number of fused-ring (bicyclic) bond motifs is 3. The molecule has 0 aliphatic heterocycles. The van der Waals surface area contributed by atoms with Crippen LogP contribution in [-0.2, 0) is 47.0 Å². The minimum absolute atomic E-state index is 0.00622. The van der Waals surface area contributed by atoms with Gasteiger partial charge in [-0.25, -0.2) is 0 Å². The van der Waals surface area contributed by atoms with Crippen LogP contribution in [0.15, 0.2) is 119 Å². The molecule has 6 aromatic rings. The first-order chi connectivity index (χ1) is 25.1. The summed E-state index contributed by atoms with van der Waals surface area (Å²) in [7, 11) is -20.7. The lowest BCUT2D eigenvalue weighted by Gasteiger charge is -2.14. The molecule has 54 heavy (non-hydrogen) atoms. The zero-order valence-electron chi connectivity index (χ0n) is 26.8. The second-order valence-electron chi connectivity index (χ2n) is 11.4. The number of nitrogen functional groups attached to an aromatic ring is 1. The second-order valence-corrected chi connectivity index (χ2v) is 16.9. The fourth-order valence-corrected chi connectivity index (χ4v) is 8.80. The molecule has 23 heteroatoms. The lowest BCUT2D eigenvalue weighted by atomic mass is 10.0. The first-order valence-electron chi connectivity index (χ1n) is 14.7. The molecular weight excluding hydrogens is 793 g/mol. The summed E-state index contributed by atoms with van der Waals surface area (Å²) in [6, 6.07) is 16.5. The van der Waals surface area contributed by atoms with Gasteiger partial charge in [0.2, 0.25) is 0 Å². The van der Waals surface area contributed by atoms with Gasteiger partial charge in [0, 0.05) is 17.3 Å². The highest BCUT2D eigenvalue weighted by atomic mass is 32.2. The van der Waals surface area contributed by atoms with Crippen molar-refractivity contribution in [2.45, 2.75) is 26.1 Å². The molecule has 0 radical (unpaired) electrons. The van der Waals surface area contributed by atoms with E-state index in [0.29, 0.717) is 28.5 Å². The predicted octanol–water partition coefficient (Wildman–Crippen LogP) is 5.71. The molecule has 0 heterocycles. The number of azo groups is 2. The van der Waals surface area contributed by atoms with E-state index in [1.165, 1.54) is 42.5 Å². The Hall–Kier alpha value is -5.50. The van der Waals surface area contributed by atoms with E-state index in [1.807, 2.05) is 0 Å². The number of hydrogen-bond donors (Lipinski definition) is 7. The smallest absolute Gasteiger partial charge is 0.297 e. The van der Waals surface area contributed by atoms with Gasteiger partial charge >= 0.3 is 0 Å². The van der Waals surface area contributed by atoms with E-state index < -0.39 is 105 Å². The minimum Gasteiger partial charge on any atom is -0.505 e. The number of phenolic OH excluding ortho intramolecular Hbond substituents is 1. The highest BCUT2D eigenvalue weighted by Gasteiger charge is 2.29. The monoisotopic (exact) mass is 816 g/mol. The van der Waals surface area contributed by atoms with E-state index >= 15 is 0 Å². The topological polar surface area (TPSA) is 339 Å². The zero-order valence-corrected chi connectivity index (χ0v) is 30.1. The van der Waals surface area contributed by atoms with Crippen molar-refractivity contribution in [2.24, 2.45) is 26.2 Å². The summed E-state index contributed by atoms with van der Waals surface area (Å²) in [5, 5.41) is 25.9. The van der Waals surface area contributed by atoms with Crippen LogP contribution in [0.5, 0.6) is 5.75 Å². The molecule has 0 saturated heterocycles. The number of phenols is 1. The summed E-state index contributed by atoms with van der Waals surface area (Å²) in [5.74, 6) is -1.19. The van der Waals surface area contributed by atoms with Crippen LogP contribution in [0.4, 0.5) is 28.4 Å². The Morgan fingerprint density at radius 1 is 0.537 bits per heavy atom. The maximum atomic E-state index is 12.5. The quantitative estimate of drug-likeness (QED) is 0.0522. The molecule has 0 aromatic heterocycles. The van der Waals surface area contributed by atoms with Crippen molar-refractivity contribution in [3.05, 3.63) is 84.4 Å². The zero-order chi connectivity index (χ0) is 39.5. The lowest BCUT2D eigenvalue weighted by Crippen LogP contribution is -2.04. The molecule has 6 rings (SSSR count). The van der Waals surface area contributed by atoms with Gasteiger partial charge in [0.15, 0.2) is 5.75 Å². The van der Waals surface area contributed by atoms with Crippen LogP contribution in [0.3, 0.4) is 0 Å². The standard InChI is InChI=1S/C31H24N6O13S4/c32-14-16-5-3-7-20-18(16)9-11-22(31(20)54(48,49)50)35-37-28-24(52(42,43)44)13-17-12-23(51(39,40)41)27(26(33)25(17)29(28)38)36-34-21-10-8-15-4-1-2-6-19(15)30(21)53(45,46)47/h1-13,38H,14,32-33H2,(H,39,40,41)(H,42,43,44)(H,45,46,47)(H,48,49,50)/b36-34+,37-35+. The number of aromatic hydroxyl groups is 1. The van der Waals surface area contributed by atoms with E-state index in [1.54, 1.807) is 12.1 Å². The molecule has 9 N–H and O–H groups in total. The Balaban J connectivity index is 1.63. The van der Waals surface area contributed by atoms with Gasteiger partial charge in [0.05, 0.1) is 11.1 Å². The molecule has 0 aliphatic rings. The summed E-state index contributed by atoms with van der Waals surface area (Å²) in [5.41, 5.74) is 8.63. The first kappa shape index (κ1) is 38.2. The normalized spacial score (nSPS) is 13.2. The van der Waals surface area contributed by atoms with Crippen LogP contribution in [0.2, 0.25) is 0 Å². The van der Waals surface area contributed by atoms with Crippen molar-refractivity contribution in [2.75, 3.05) is 5.73 Å². The lowest BCUT2D eigenvalue weighted by molar-refractivity contribution is 0.472. The fourth-order valence-electron chi connectivity index (χ4n) is 5.80. The van der Waals surface area contributed by atoms with Crippen molar-refractivity contribution in [3.8, 4) is 5.75 Å². The number of hydrogen-bond acceptors (Lipinski definition) is 15. The van der Waals surface area contributed by atoms with Gasteiger partial charge in [-0.3, -0.25) is 18.2 Å². The van der Waals surface area contributed by atoms with Gasteiger partial charge in [0.25, 0.3) is 40.5 Å².